The van der Waals surface area contributed by atoms with Gasteiger partial charge < -0.3 is 0 Å². The van der Waals surface area contributed by atoms with Crippen molar-refractivity contribution in [3.8, 4) is 0 Å². The van der Waals surface area contributed by atoms with E-state index in [9.17, 15) is 8.42 Å². The van der Waals surface area contributed by atoms with Crippen molar-refractivity contribution in [1.82, 2.24) is 0 Å². The summed E-state index contributed by atoms with van der Waals surface area (Å²) in [5.41, 5.74) is 0.732. The number of hydrogen-bond acceptors (Lipinski definition) is 2. The van der Waals surface area contributed by atoms with Gasteiger partial charge in [0.25, 0.3) is 10.1 Å². The van der Waals surface area contributed by atoms with Crippen LogP contribution in [-0.4, -0.2) is 72.1 Å². The molecule has 0 saturated heterocycles. The van der Waals surface area contributed by atoms with E-state index in [0.717, 1.165) is 11.0 Å². The zero-order chi connectivity index (χ0) is 9.03. The minimum Gasteiger partial charge on any atom is -0.282 e. The molecule has 6 heteroatoms. The molecular weight excluding hydrogens is 222 g/mol. The fourth-order valence-corrected chi connectivity index (χ4v) is 1.06. The first-order valence-electron chi connectivity index (χ1n) is 3.28. The normalized spacial score (nSPS) is 10.4. The van der Waals surface area contributed by atoms with Crippen molar-refractivity contribution in [3.63, 3.8) is 0 Å². The maximum atomic E-state index is 10.3. The standard InChI is InChI=1S/C8H8O3S.2Na/c9-12(10,11)7-6-8-4-2-1-3-5-8;;/h1-7H,(H,9,10,11);;. The van der Waals surface area contributed by atoms with Gasteiger partial charge in [0, 0.05) is 59.1 Å². The molecule has 1 aromatic rings. The molecule has 14 heavy (non-hydrogen) atoms. The van der Waals surface area contributed by atoms with Gasteiger partial charge in [0.2, 0.25) is 0 Å². The van der Waals surface area contributed by atoms with Gasteiger partial charge in [-0.15, -0.1) is 0 Å². The van der Waals surface area contributed by atoms with Crippen LogP contribution in [0.1, 0.15) is 5.56 Å². The number of benzene rings is 1. The van der Waals surface area contributed by atoms with Gasteiger partial charge in [-0.2, -0.15) is 8.42 Å². The van der Waals surface area contributed by atoms with E-state index in [1.165, 1.54) is 6.08 Å². The van der Waals surface area contributed by atoms with Crippen molar-refractivity contribution in [3.05, 3.63) is 41.3 Å². The van der Waals surface area contributed by atoms with Crippen LogP contribution in [0.4, 0.5) is 0 Å². The minimum absolute atomic E-state index is 0. The summed E-state index contributed by atoms with van der Waals surface area (Å²) in [6.07, 6.45) is 1.33. The van der Waals surface area contributed by atoms with Crippen LogP contribution in [0.3, 0.4) is 0 Å². The molecule has 0 amide bonds. The summed E-state index contributed by atoms with van der Waals surface area (Å²) in [6.45, 7) is 0. The SMILES string of the molecule is O=S(=O)(O)C=Cc1ccccc1.[Na].[Na]. The van der Waals surface area contributed by atoms with E-state index in [0.29, 0.717) is 0 Å². The molecule has 66 valence electrons. The second-order valence-corrected chi connectivity index (χ2v) is 3.53. The molecule has 0 aliphatic rings. The van der Waals surface area contributed by atoms with Crippen molar-refractivity contribution in [2.45, 2.75) is 0 Å². The van der Waals surface area contributed by atoms with Crippen LogP contribution in [0.25, 0.3) is 6.08 Å². The summed E-state index contributed by atoms with van der Waals surface area (Å²) in [5, 5.41) is 0.752. The predicted molar refractivity (Wildman–Crippen MR) is 58.5 cm³/mol. The van der Waals surface area contributed by atoms with Crippen molar-refractivity contribution in [2.75, 3.05) is 0 Å². The summed E-state index contributed by atoms with van der Waals surface area (Å²) in [5.74, 6) is 0. The number of rotatable bonds is 2. The van der Waals surface area contributed by atoms with E-state index >= 15 is 0 Å². The van der Waals surface area contributed by atoms with Gasteiger partial charge >= 0.3 is 0 Å². The molecule has 0 saturated carbocycles. The molecule has 0 bridgehead atoms. The Labute approximate surface area is 128 Å². The van der Waals surface area contributed by atoms with E-state index in [1.807, 2.05) is 6.07 Å². The Bertz CT molecular complexity index is 373. The van der Waals surface area contributed by atoms with Gasteiger partial charge in [-0.25, -0.2) is 0 Å². The Morgan fingerprint density at radius 2 is 1.57 bits per heavy atom. The van der Waals surface area contributed by atoms with E-state index in [1.54, 1.807) is 24.3 Å². The van der Waals surface area contributed by atoms with Crippen LogP contribution < -0.4 is 0 Å². The van der Waals surface area contributed by atoms with Crippen LogP contribution in [0.15, 0.2) is 35.7 Å². The second-order valence-electron chi connectivity index (χ2n) is 2.23. The van der Waals surface area contributed by atoms with Gasteiger partial charge in [-0.3, -0.25) is 4.55 Å². The Balaban J connectivity index is 0. The Kier molecular flexibility index (Phi) is 9.96. The largest absolute Gasteiger partial charge is 0.287 e. The summed E-state index contributed by atoms with van der Waals surface area (Å²) >= 11 is 0. The zero-order valence-electron chi connectivity index (χ0n) is 8.21. The molecule has 0 spiro atoms. The van der Waals surface area contributed by atoms with Crippen LogP contribution in [0.2, 0.25) is 0 Å². The van der Waals surface area contributed by atoms with Crippen molar-refractivity contribution >= 4 is 75.3 Å². The summed E-state index contributed by atoms with van der Waals surface area (Å²) in [7, 11) is -4.00. The third kappa shape index (κ3) is 8.20. The first-order valence-corrected chi connectivity index (χ1v) is 4.79. The third-order valence-electron chi connectivity index (χ3n) is 1.23. The van der Waals surface area contributed by atoms with Crippen molar-refractivity contribution in [2.24, 2.45) is 0 Å². The molecule has 0 aliphatic heterocycles. The Hall–Kier alpha value is 0.870. The summed E-state index contributed by atoms with van der Waals surface area (Å²) in [4.78, 5) is 0. The zero-order valence-corrected chi connectivity index (χ0v) is 13.0. The van der Waals surface area contributed by atoms with E-state index in [-0.39, 0.29) is 59.1 Å². The molecule has 0 aromatic heterocycles. The Morgan fingerprint density at radius 1 is 1.07 bits per heavy atom. The van der Waals surface area contributed by atoms with Gasteiger partial charge in [-0.05, 0) is 11.6 Å². The van der Waals surface area contributed by atoms with Gasteiger partial charge in [-0.1, -0.05) is 30.3 Å². The maximum Gasteiger partial charge on any atom is 0.287 e. The van der Waals surface area contributed by atoms with Crippen molar-refractivity contribution in [1.29, 1.82) is 0 Å². The topological polar surface area (TPSA) is 54.4 Å². The monoisotopic (exact) mass is 230 g/mol. The first-order chi connectivity index (χ1) is 5.58. The van der Waals surface area contributed by atoms with Crippen LogP contribution in [0, 0.1) is 0 Å². The molecule has 2 radical (unpaired) electrons. The molecule has 1 N–H and O–H groups in total. The molecule has 1 aromatic carbocycles. The van der Waals surface area contributed by atoms with Gasteiger partial charge in [0.05, 0.1) is 5.41 Å². The average Bonchev–Trinajstić information content (AvgIpc) is 2.02. The van der Waals surface area contributed by atoms with Crippen LogP contribution in [0.5, 0.6) is 0 Å². The van der Waals surface area contributed by atoms with Crippen LogP contribution in [-0.2, 0) is 10.1 Å². The average molecular weight is 230 g/mol. The van der Waals surface area contributed by atoms with E-state index < -0.39 is 10.1 Å². The molecule has 0 heterocycles. The minimum atomic E-state index is -4.00. The molecule has 1 rings (SSSR count). The fourth-order valence-electron chi connectivity index (χ4n) is 0.729. The maximum absolute atomic E-state index is 10.3. The Morgan fingerprint density at radius 3 is 2.00 bits per heavy atom. The predicted octanol–water partition coefficient (Wildman–Crippen LogP) is 0.784. The van der Waals surface area contributed by atoms with Crippen LogP contribution >= 0.6 is 0 Å². The molecule has 0 atom stereocenters. The molecular formula is C8H8Na2O3S. The number of hydrogen-bond donors (Lipinski definition) is 1. The van der Waals surface area contributed by atoms with E-state index in [2.05, 4.69) is 0 Å². The molecule has 0 unspecified atom stereocenters. The third-order valence-corrected chi connectivity index (χ3v) is 1.71. The molecule has 0 fully saturated rings. The molecule has 3 nitrogen and oxygen atoms in total. The van der Waals surface area contributed by atoms with Crippen molar-refractivity contribution < 1.29 is 13.0 Å². The molecule has 0 aliphatic carbocycles. The summed E-state index contributed by atoms with van der Waals surface area (Å²) < 4.78 is 28.9. The fraction of sp³-hybridized carbons (Fsp3) is 0. The summed E-state index contributed by atoms with van der Waals surface area (Å²) in [6, 6.07) is 8.86. The second kappa shape index (κ2) is 8.07. The quantitative estimate of drug-likeness (QED) is 0.603. The first kappa shape index (κ1) is 17.3. The smallest absolute Gasteiger partial charge is 0.282 e. The van der Waals surface area contributed by atoms with Gasteiger partial charge in [0.1, 0.15) is 0 Å². The van der Waals surface area contributed by atoms with Gasteiger partial charge in [0.15, 0.2) is 0 Å². The van der Waals surface area contributed by atoms with E-state index in [4.69, 9.17) is 4.55 Å².